The van der Waals surface area contributed by atoms with Crippen molar-refractivity contribution in [3.8, 4) is 5.75 Å². The number of ether oxygens (including phenoxy) is 1. The van der Waals surface area contributed by atoms with Crippen LogP contribution in [0.2, 0.25) is 5.02 Å². The second-order valence-corrected chi connectivity index (χ2v) is 5.62. The van der Waals surface area contributed by atoms with E-state index in [4.69, 9.17) is 22.1 Å². The van der Waals surface area contributed by atoms with Gasteiger partial charge in [0, 0.05) is 19.1 Å². The summed E-state index contributed by atoms with van der Waals surface area (Å²) >= 11 is 6.14. The van der Waals surface area contributed by atoms with Crippen molar-refractivity contribution in [3.63, 3.8) is 0 Å². The largest absolute Gasteiger partial charge is 0.482 e. The zero-order valence-electron chi connectivity index (χ0n) is 11.8. The van der Waals surface area contributed by atoms with Gasteiger partial charge < -0.3 is 15.4 Å². The first kappa shape index (κ1) is 15.1. The molecule has 0 unspecified atom stereocenters. The fraction of sp³-hybridized carbons (Fsp3) is 0.533. The van der Waals surface area contributed by atoms with Gasteiger partial charge in [0.05, 0.1) is 5.02 Å². The molecule has 1 saturated heterocycles. The van der Waals surface area contributed by atoms with Crippen molar-refractivity contribution in [2.24, 2.45) is 5.73 Å². The SMILES string of the molecule is C[C@@H](N)c1ccc(OCC(=O)N2CCCCC2)c(Cl)c1. The van der Waals surface area contributed by atoms with Crippen molar-refractivity contribution in [1.29, 1.82) is 0 Å². The number of piperidine rings is 1. The standard InChI is InChI=1S/C15H21ClN2O2/c1-11(17)12-5-6-14(13(16)9-12)20-10-15(19)18-7-3-2-4-8-18/h5-6,9,11H,2-4,7-8,10,17H2,1H3/t11-/m1/s1. The van der Waals surface area contributed by atoms with E-state index in [9.17, 15) is 4.79 Å². The van der Waals surface area contributed by atoms with Crippen LogP contribution in [0.15, 0.2) is 18.2 Å². The van der Waals surface area contributed by atoms with Crippen LogP contribution in [-0.4, -0.2) is 30.5 Å². The smallest absolute Gasteiger partial charge is 0.260 e. The molecule has 1 aliphatic heterocycles. The molecule has 4 nitrogen and oxygen atoms in total. The monoisotopic (exact) mass is 296 g/mol. The van der Waals surface area contributed by atoms with Crippen molar-refractivity contribution >= 4 is 17.5 Å². The Labute approximate surface area is 124 Å². The Bertz CT molecular complexity index is 471. The number of benzene rings is 1. The Balaban J connectivity index is 1.91. The fourth-order valence-electron chi connectivity index (χ4n) is 2.29. The molecule has 0 saturated carbocycles. The third-order valence-electron chi connectivity index (χ3n) is 3.54. The predicted octanol–water partition coefficient (Wildman–Crippen LogP) is 2.75. The summed E-state index contributed by atoms with van der Waals surface area (Å²) < 4.78 is 5.52. The molecule has 0 radical (unpaired) electrons. The molecule has 0 aromatic heterocycles. The van der Waals surface area contributed by atoms with E-state index in [0.29, 0.717) is 10.8 Å². The first-order valence-corrected chi connectivity index (χ1v) is 7.41. The lowest BCUT2D eigenvalue weighted by atomic mass is 10.1. The number of nitrogens with two attached hydrogens (primary N) is 1. The van der Waals surface area contributed by atoms with Gasteiger partial charge in [-0.15, -0.1) is 0 Å². The Morgan fingerprint density at radius 3 is 2.70 bits per heavy atom. The lowest BCUT2D eigenvalue weighted by Gasteiger charge is -2.26. The maximum atomic E-state index is 12.0. The van der Waals surface area contributed by atoms with Gasteiger partial charge in [0.1, 0.15) is 5.75 Å². The van der Waals surface area contributed by atoms with E-state index in [0.717, 1.165) is 31.5 Å². The summed E-state index contributed by atoms with van der Waals surface area (Å²) in [4.78, 5) is 13.9. The second-order valence-electron chi connectivity index (χ2n) is 5.21. The first-order valence-electron chi connectivity index (χ1n) is 7.03. The van der Waals surface area contributed by atoms with Crippen LogP contribution in [0.1, 0.15) is 37.8 Å². The third-order valence-corrected chi connectivity index (χ3v) is 3.84. The predicted molar refractivity (Wildman–Crippen MR) is 80.0 cm³/mol. The highest BCUT2D eigenvalue weighted by Gasteiger charge is 2.17. The van der Waals surface area contributed by atoms with Gasteiger partial charge in [-0.3, -0.25) is 4.79 Å². The van der Waals surface area contributed by atoms with Crippen LogP contribution in [0.3, 0.4) is 0 Å². The van der Waals surface area contributed by atoms with Crippen LogP contribution in [-0.2, 0) is 4.79 Å². The maximum Gasteiger partial charge on any atom is 0.260 e. The Morgan fingerprint density at radius 2 is 2.10 bits per heavy atom. The molecule has 2 rings (SSSR count). The number of halogens is 1. The van der Waals surface area contributed by atoms with Gasteiger partial charge in [-0.05, 0) is 43.9 Å². The second kappa shape index (κ2) is 6.95. The number of rotatable bonds is 4. The Hall–Kier alpha value is -1.26. The Morgan fingerprint density at radius 1 is 1.40 bits per heavy atom. The molecular formula is C15H21ClN2O2. The van der Waals surface area contributed by atoms with Crippen LogP contribution in [0.25, 0.3) is 0 Å². The molecule has 1 aliphatic rings. The summed E-state index contributed by atoms with van der Waals surface area (Å²) in [5, 5.41) is 0.492. The summed E-state index contributed by atoms with van der Waals surface area (Å²) in [5.41, 5.74) is 6.74. The van der Waals surface area contributed by atoms with Crippen LogP contribution in [0, 0.1) is 0 Å². The normalized spacial score (nSPS) is 16.9. The van der Waals surface area contributed by atoms with Gasteiger partial charge in [0.15, 0.2) is 6.61 Å². The molecule has 20 heavy (non-hydrogen) atoms. The van der Waals surface area contributed by atoms with Crippen molar-refractivity contribution in [2.75, 3.05) is 19.7 Å². The van der Waals surface area contributed by atoms with Crippen molar-refractivity contribution in [3.05, 3.63) is 28.8 Å². The average Bonchev–Trinajstić information content (AvgIpc) is 2.46. The van der Waals surface area contributed by atoms with Crippen molar-refractivity contribution < 1.29 is 9.53 Å². The van der Waals surface area contributed by atoms with E-state index in [-0.39, 0.29) is 18.6 Å². The Kier molecular flexibility index (Phi) is 5.26. The van der Waals surface area contributed by atoms with E-state index < -0.39 is 0 Å². The quantitative estimate of drug-likeness (QED) is 0.929. The number of hydrogen-bond acceptors (Lipinski definition) is 3. The van der Waals surface area contributed by atoms with E-state index in [1.165, 1.54) is 6.42 Å². The fourth-order valence-corrected chi connectivity index (χ4v) is 2.53. The molecule has 2 N–H and O–H groups in total. The molecule has 0 bridgehead atoms. The van der Waals surface area contributed by atoms with E-state index in [2.05, 4.69) is 0 Å². The zero-order valence-corrected chi connectivity index (χ0v) is 12.5. The van der Waals surface area contributed by atoms with E-state index >= 15 is 0 Å². The summed E-state index contributed by atoms with van der Waals surface area (Å²) in [7, 11) is 0. The molecule has 0 aliphatic carbocycles. The minimum absolute atomic E-state index is 0.0250. The first-order chi connectivity index (χ1) is 9.58. The van der Waals surface area contributed by atoms with Gasteiger partial charge in [0.25, 0.3) is 5.91 Å². The van der Waals surface area contributed by atoms with Crippen molar-refractivity contribution in [1.82, 2.24) is 4.90 Å². The van der Waals surface area contributed by atoms with Crippen LogP contribution in [0.5, 0.6) is 5.75 Å². The molecule has 110 valence electrons. The minimum atomic E-state index is -0.0727. The minimum Gasteiger partial charge on any atom is -0.482 e. The number of amides is 1. The van der Waals surface area contributed by atoms with Gasteiger partial charge in [-0.1, -0.05) is 17.7 Å². The van der Waals surface area contributed by atoms with Gasteiger partial charge in [-0.25, -0.2) is 0 Å². The molecule has 1 heterocycles. The van der Waals surface area contributed by atoms with Gasteiger partial charge >= 0.3 is 0 Å². The number of hydrogen-bond donors (Lipinski definition) is 1. The van der Waals surface area contributed by atoms with Gasteiger partial charge in [-0.2, -0.15) is 0 Å². The number of nitrogens with zero attached hydrogens (tertiary/aromatic N) is 1. The topological polar surface area (TPSA) is 55.6 Å². The summed E-state index contributed by atoms with van der Waals surface area (Å²) in [6.07, 6.45) is 3.36. The summed E-state index contributed by atoms with van der Waals surface area (Å²) in [6.45, 7) is 3.60. The highest BCUT2D eigenvalue weighted by Crippen LogP contribution is 2.27. The number of carbonyl (C=O) groups is 1. The van der Waals surface area contributed by atoms with Gasteiger partial charge in [0.2, 0.25) is 0 Å². The molecule has 1 fully saturated rings. The highest BCUT2D eigenvalue weighted by atomic mass is 35.5. The van der Waals surface area contributed by atoms with Crippen LogP contribution < -0.4 is 10.5 Å². The summed E-state index contributed by atoms with van der Waals surface area (Å²) in [5.74, 6) is 0.554. The van der Waals surface area contributed by atoms with E-state index in [1.54, 1.807) is 12.1 Å². The maximum absolute atomic E-state index is 12.0. The number of carbonyl (C=O) groups excluding carboxylic acids is 1. The molecule has 5 heteroatoms. The lowest BCUT2D eigenvalue weighted by Crippen LogP contribution is -2.38. The van der Waals surface area contributed by atoms with Crippen LogP contribution >= 0.6 is 11.6 Å². The molecule has 0 spiro atoms. The number of likely N-dealkylation sites (tertiary alicyclic amines) is 1. The molecule has 1 aromatic rings. The molecular weight excluding hydrogens is 276 g/mol. The summed E-state index contributed by atoms with van der Waals surface area (Å²) in [6, 6.07) is 5.35. The third kappa shape index (κ3) is 3.87. The molecule has 1 amide bonds. The average molecular weight is 297 g/mol. The van der Waals surface area contributed by atoms with E-state index in [1.807, 2.05) is 17.9 Å². The molecule has 1 atom stereocenters. The lowest BCUT2D eigenvalue weighted by molar-refractivity contribution is -0.134. The van der Waals surface area contributed by atoms with Crippen molar-refractivity contribution in [2.45, 2.75) is 32.2 Å². The zero-order chi connectivity index (χ0) is 14.5. The highest BCUT2D eigenvalue weighted by molar-refractivity contribution is 6.32. The van der Waals surface area contributed by atoms with Crippen LogP contribution in [0.4, 0.5) is 0 Å². The molecule has 1 aromatic carbocycles.